The Labute approximate surface area is 245 Å². The minimum Gasteiger partial charge on any atom is -0.462 e. The Kier molecular flexibility index (Phi) is 14.0. The topological polar surface area (TPSA) is 52.6 Å². The molecule has 5 rings (SSSR count). The van der Waals surface area contributed by atoms with Crippen LogP contribution in [-0.2, 0) is 9.47 Å². The molecule has 3 atom stereocenters. The van der Waals surface area contributed by atoms with Crippen LogP contribution in [0.5, 0.6) is 0 Å². The van der Waals surface area contributed by atoms with E-state index in [4.69, 9.17) is 9.47 Å². The largest absolute Gasteiger partial charge is 0.462 e. The van der Waals surface area contributed by atoms with Crippen LogP contribution in [0.1, 0.15) is 158 Å². The van der Waals surface area contributed by atoms with E-state index in [1.807, 2.05) is 0 Å². The smallest absolute Gasteiger partial charge is 0.339 e. The van der Waals surface area contributed by atoms with Crippen LogP contribution in [-0.4, -0.2) is 25.2 Å². The average Bonchev–Trinajstić information content (AvgIpc) is 2.94. The van der Waals surface area contributed by atoms with Crippen molar-refractivity contribution in [2.24, 2.45) is 29.1 Å². The standard InChI is InChI=1S/C24H38O4.C12H20/c1-3-5-7-9-11-15-19-27-23(25)21-17-13-14-18-22(21)24(26)28-20-16-12-10-8-6-4-2;1-8-11-4-9-3-10(5-11)7-12(8,2)6-9/h13-14,17-18H,3-12,15-16,19-20H2,1-2H3;8-11H,3-7H2,1-2H3. The number of carbonyl (C=O) groups is 2. The van der Waals surface area contributed by atoms with Gasteiger partial charge in [-0.25, -0.2) is 9.59 Å². The molecule has 4 aliphatic carbocycles. The number of ether oxygens (including phenoxy) is 2. The number of unbranched alkanes of at least 4 members (excludes halogenated alkanes) is 10. The molecule has 4 saturated carbocycles. The van der Waals surface area contributed by atoms with Crippen LogP contribution in [0.3, 0.4) is 0 Å². The third-order valence-electron chi connectivity index (χ3n) is 10.1. The molecule has 0 radical (unpaired) electrons. The molecule has 0 saturated heterocycles. The zero-order valence-corrected chi connectivity index (χ0v) is 26.2. The van der Waals surface area contributed by atoms with E-state index in [0.717, 1.165) is 54.8 Å². The van der Waals surface area contributed by atoms with Crippen molar-refractivity contribution in [3.05, 3.63) is 35.4 Å². The molecule has 0 spiro atoms. The Morgan fingerprint density at radius 1 is 0.700 bits per heavy atom. The molecule has 0 N–H and O–H groups in total. The molecule has 4 nitrogen and oxygen atoms in total. The average molecular weight is 555 g/mol. The van der Waals surface area contributed by atoms with E-state index in [-0.39, 0.29) is 0 Å². The molecule has 3 unspecified atom stereocenters. The Balaban J connectivity index is 0.000000297. The van der Waals surface area contributed by atoms with Crippen LogP contribution in [0.2, 0.25) is 0 Å². The molecule has 4 heteroatoms. The quantitative estimate of drug-likeness (QED) is 0.151. The number of hydrogen-bond acceptors (Lipinski definition) is 4. The van der Waals surface area contributed by atoms with Crippen molar-refractivity contribution in [2.75, 3.05) is 13.2 Å². The van der Waals surface area contributed by atoms with Crippen molar-refractivity contribution in [3.63, 3.8) is 0 Å². The van der Waals surface area contributed by atoms with Crippen LogP contribution >= 0.6 is 0 Å². The highest BCUT2D eigenvalue weighted by atomic mass is 16.5. The number of carbonyl (C=O) groups excluding carboxylic acids is 2. The second kappa shape index (κ2) is 17.2. The summed E-state index contributed by atoms with van der Waals surface area (Å²) in [5.41, 5.74) is 1.34. The van der Waals surface area contributed by atoms with Gasteiger partial charge < -0.3 is 9.47 Å². The number of esters is 2. The highest BCUT2D eigenvalue weighted by Gasteiger charge is 2.52. The predicted molar refractivity (Wildman–Crippen MR) is 165 cm³/mol. The van der Waals surface area contributed by atoms with Gasteiger partial charge in [-0.3, -0.25) is 0 Å². The zero-order valence-electron chi connectivity index (χ0n) is 26.2. The summed E-state index contributed by atoms with van der Waals surface area (Å²) in [4.78, 5) is 24.7. The summed E-state index contributed by atoms with van der Waals surface area (Å²) in [5, 5.41) is 0. The number of hydrogen-bond donors (Lipinski definition) is 0. The van der Waals surface area contributed by atoms with Gasteiger partial charge in [-0.15, -0.1) is 0 Å². The van der Waals surface area contributed by atoms with E-state index >= 15 is 0 Å². The first-order valence-corrected chi connectivity index (χ1v) is 16.8. The summed E-state index contributed by atoms with van der Waals surface area (Å²) in [7, 11) is 0. The lowest BCUT2D eigenvalue weighted by molar-refractivity contribution is -0.0906. The van der Waals surface area contributed by atoms with E-state index in [2.05, 4.69) is 27.7 Å². The molecule has 1 aromatic carbocycles. The first-order valence-electron chi connectivity index (χ1n) is 16.8. The molecule has 226 valence electrons. The highest BCUT2D eigenvalue weighted by molar-refractivity contribution is 6.03. The minimum absolute atomic E-state index is 0.293. The summed E-state index contributed by atoms with van der Waals surface area (Å²) in [6, 6.07) is 6.74. The minimum atomic E-state index is -0.444. The maximum Gasteiger partial charge on any atom is 0.339 e. The Bertz CT molecular complexity index is 830. The molecule has 0 aromatic heterocycles. The molecule has 0 aliphatic heterocycles. The van der Waals surface area contributed by atoms with E-state index in [1.54, 1.807) is 56.4 Å². The number of rotatable bonds is 16. The fraction of sp³-hybridized carbons (Fsp3) is 0.778. The first kappa shape index (κ1) is 32.7. The Morgan fingerprint density at radius 3 is 1.55 bits per heavy atom. The molecular formula is C36H58O4. The van der Waals surface area contributed by atoms with E-state index in [0.29, 0.717) is 24.3 Å². The van der Waals surface area contributed by atoms with Gasteiger partial charge in [0, 0.05) is 0 Å². The molecule has 40 heavy (non-hydrogen) atoms. The molecule has 4 aliphatic rings. The molecule has 0 amide bonds. The van der Waals surface area contributed by atoms with Crippen LogP contribution in [0.4, 0.5) is 0 Å². The summed E-state index contributed by atoms with van der Waals surface area (Å²) in [5.74, 6) is 3.51. The van der Waals surface area contributed by atoms with Crippen molar-refractivity contribution < 1.29 is 19.1 Å². The van der Waals surface area contributed by atoms with Gasteiger partial charge in [0.1, 0.15) is 0 Å². The van der Waals surface area contributed by atoms with Crippen molar-refractivity contribution in [3.8, 4) is 0 Å². The third kappa shape index (κ3) is 9.91. The molecule has 4 fully saturated rings. The van der Waals surface area contributed by atoms with E-state index in [9.17, 15) is 9.59 Å². The zero-order chi connectivity index (χ0) is 28.8. The molecule has 4 bridgehead atoms. The summed E-state index contributed by atoms with van der Waals surface area (Å²) >= 11 is 0. The summed E-state index contributed by atoms with van der Waals surface area (Å²) < 4.78 is 10.7. The van der Waals surface area contributed by atoms with Crippen LogP contribution in [0.25, 0.3) is 0 Å². The Hall–Kier alpha value is -1.84. The molecule has 1 aromatic rings. The van der Waals surface area contributed by atoms with Gasteiger partial charge in [-0.1, -0.05) is 104 Å². The van der Waals surface area contributed by atoms with Gasteiger partial charge in [0.15, 0.2) is 0 Å². The maximum absolute atomic E-state index is 12.4. The lowest BCUT2D eigenvalue weighted by atomic mass is 9.46. The second-order valence-electron chi connectivity index (χ2n) is 13.4. The van der Waals surface area contributed by atoms with E-state index < -0.39 is 11.9 Å². The summed E-state index contributed by atoms with van der Waals surface area (Å²) in [6.45, 7) is 10.2. The van der Waals surface area contributed by atoms with Gasteiger partial charge in [-0.2, -0.15) is 0 Å². The first-order chi connectivity index (χ1) is 19.4. The molecule has 0 heterocycles. The van der Waals surface area contributed by atoms with Crippen LogP contribution in [0.15, 0.2) is 24.3 Å². The van der Waals surface area contributed by atoms with Crippen molar-refractivity contribution in [2.45, 2.75) is 137 Å². The lowest BCUT2D eigenvalue weighted by Gasteiger charge is -2.59. The molecular weight excluding hydrogens is 496 g/mol. The van der Waals surface area contributed by atoms with Gasteiger partial charge in [0.05, 0.1) is 24.3 Å². The van der Waals surface area contributed by atoms with Crippen molar-refractivity contribution >= 4 is 11.9 Å². The van der Waals surface area contributed by atoms with Crippen molar-refractivity contribution in [1.82, 2.24) is 0 Å². The normalized spacial score (nSPS) is 26.2. The highest BCUT2D eigenvalue weighted by Crippen LogP contribution is 2.62. The van der Waals surface area contributed by atoms with Gasteiger partial charge >= 0.3 is 11.9 Å². The van der Waals surface area contributed by atoms with Crippen LogP contribution < -0.4 is 0 Å². The monoisotopic (exact) mass is 554 g/mol. The van der Waals surface area contributed by atoms with E-state index in [1.165, 1.54) is 51.4 Å². The van der Waals surface area contributed by atoms with Gasteiger partial charge in [0.25, 0.3) is 0 Å². The Morgan fingerprint density at radius 2 is 1.12 bits per heavy atom. The predicted octanol–water partition coefficient (Wildman–Crippen LogP) is 10.2. The summed E-state index contributed by atoms with van der Waals surface area (Å²) in [6.07, 6.45) is 21.5. The van der Waals surface area contributed by atoms with Gasteiger partial charge in [-0.05, 0) is 86.2 Å². The third-order valence-corrected chi connectivity index (χ3v) is 10.1. The van der Waals surface area contributed by atoms with Gasteiger partial charge in [0.2, 0.25) is 0 Å². The fourth-order valence-corrected chi connectivity index (χ4v) is 7.79. The van der Waals surface area contributed by atoms with Crippen molar-refractivity contribution in [1.29, 1.82) is 0 Å². The fourth-order valence-electron chi connectivity index (χ4n) is 7.79. The second-order valence-corrected chi connectivity index (χ2v) is 13.4. The lowest BCUT2D eigenvalue weighted by Crippen LogP contribution is -2.50. The SMILES string of the molecule is CC1C2CC3CC(C2)CC1(C)C3.CCCCCCCCOC(=O)c1ccccc1C(=O)OCCCCCCCC. The number of benzene rings is 1. The van der Waals surface area contributed by atoms with Crippen LogP contribution in [0, 0.1) is 29.1 Å². The maximum atomic E-state index is 12.4.